The topological polar surface area (TPSA) is 86.5 Å². The third-order valence-corrected chi connectivity index (χ3v) is 8.16. The first-order valence-electron chi connectivity index (χ1n) is 12.5. The van der Waals surface area contributed by atoms with E-state index in [2.05, 4.69) is 14.7 Å². The summed E-state index contributed by atoms with van der Waals surface area (Å²) in [6.07, 6.45) is -2.81. The van der Waals surface area contributed by atoms with Crippen LogP contribution in [0.4, 0.5) is 13.2 Å². The Hall–Kier alpha value is -3.70. The molecule has 0 bridgehead atoms. The summed E-state index contributed by atoms with van der Waals surface area (Å²) in [7, 11) is -2.81. The number of hydrogen-bond donors (Lipinski definition) is 1. The summed E-state index contributed by atoms with van der Waals surface area (Å²) in [5.74, 6) is 0.382. The highest BCUT2D eigenvalue weighted by Gasteiger charge is 2.35. The number of nitrogens with one attached hydrogen (secondary N) is 1. The third-order valence-electron chi connectivity index (χ3n) is 6.63. The number of alkyl halides is 3. The van der Waals surface area contributed by atoms with Gasteiger partial charge in [0.05, 0.1) is 22.7 Å². The number of benzene rings is 3. The van der Waals surface area contributed by atoms with Gasteiger partial charge in [-0.3, -0.25) is 4.99 Å². The minimum absolute atomic E-state index is 0.0858. The van der Waals surface area contributed by atoms with Gasteiger partial charge in [0, 0.05) is 23.9 Å². The van der Waals surface area contributed by atoms with Crippen LogP contribution in [-0.4, -0.2) is 44.5 Å². The number of nitrogens with zero attached hydrogens (tertiary/aromatic N) is 4. The molecule has 1 aliphatic carbocycles. The lowest BCUT2D eigenvalue weighted by Gasteiger charge is -2.20. The lowest BCUT2D eigenvalue weighted by molar-refractivity contribution is -0.137. The maximum Gasteiger partial charge on any atom is 0.416 e. The van der Waals surface area contributed by atoms with Crippen molar-refractivity contribution in [2.24, 2.45) is 20.4 Å². The molecule has 0 aromatic heterocycles. The smallest absolute Gasteiger partial charge is 0.312 e. The largest absolute Gasteiger partial charge is 0.416 e. The number of rotatable bonds is 5. The van der Waals surface area contributed by atoms with Crippen LogP contribution in [0.15, 0.2) is 98.2 Å². The number of hydrogen-bond acceptors (Lipinski definition) is 4. The molecule has 1 aliphatic heterocycles. The van der Waals surface area contributed by atoms with Gasteiger partial charge in [-0.05, 0) is 60.4 Å². The number of halogens is 4. The average Bonchev–Trinajstić information content (AvgIpc) is 3.69. The van der Waals surface area contributed by atoms with Crippen LogP contribution in [0.3, 0.4) is 0 Å². The highest BCUT2D eigenvalue weighted by molar-refractivity contribution is 7.90. The predicted octanol–water partition coefficient (Wildman–Crippen LogP) is 5.94. The molecule has 0 saturated heterocycles. The molecule has 0 radical (unpaired) electrons. The predicted molar refractivity (Wildman–Crippen MR) is 149 cm³/mol. The van der Waals surface area contributed by atoms with Crippen LogP contribution in [0, 0.1) is 5.92 Å². The van der Waals surface area contributed by atoms with E-state index in [0.717, 1.165) is 48.2 Å². The standard InChI is InChI=1S/C28H25ClF3N5O2S/c1-33-26(20-7-8-20)34-27(36-40(38,39)23-15-11-21(12-16-23)28(30,31)32)37-17-24(18-5-3-2-4-6-18)25(35-37)19-9-13-22(29)14-10-19/h2-6,9-16,20,24H,7-8,17H2,1H3,(H,33,34,36)/t24-/m1/s1. The summed E-state index contributed by atoms with van der Waals surface area (Å²) in [4.78, 5) is 3.91. The Morgan fingerprint density at radius 2 is 1.65 bits per heavy atom. The molecule has 0 spiro atoms. The van der Waals surface area contributed by atoms with Crippen molar-refractivity contribution in [3.63, 3.8) is 0 Å². The van der Waals surface area contributed by atoms with Crippen LogP contribution in [0.5, 0.6) is 0 Å². The highest BCUT2D eigenvalue weighted by Crippen LogP contribution is 2.33. The zero-order valence-corrected chi connectivity index (χ0v) is 22.9. The van der Waals surface area contributed by atoms with Gasteiger partial charge >= 0.3 is 6.18 Å². The summed E-state index contributed by atoms with van der Waals surface area (Å²) in [6.45, 7) is 0.262. The normalized spacial score (nSPS) is 18.6. The molecule has 1 N–H and O–H groups in total. The van der Waals surface area contributed by atoms with Gasteiger partial charge in [-0.15, -0.1) is 4.40 Å². The molecular formula is C28H25ClF3N5O2S. The van der Waals surface area contributed by atoms with Crippen molar-refractivity contribution in [2.45, 2.75) is 29.8 Å². The van der Waals surface area contributed by atoms with E-state index in [0.29, 0.717) is 16.6 Å². The Kier molecular flexibility index (Phi) is 7.70. The van der Waals surface area contributed by atoms with Gasteiger partial charge in [0.2, 0.25) is 5.96 Å². The van der Waals surface area contributed by atoms with Gasteiger partial charge in [-0.25, -0.2) is 5.01 Å². The number of guanidine groups is 1. The molecule has 3 aromatic rings. The molecule has 12 heteroatoms. The first-order chi connectivity index (χ1) is 19.0. The lowest BCUT2D eigenvalue weighted by Crippen LogP contribution is -2.42. The second kappa shape index (κ2) is 11.1. The van der Waals surface area contributed by atoms with Crippen molar-refractivity contribution >= 4 is 39.1 Å². The van der Waals surface area contributed by atoms with E-state index >= 15 is 0 Å². The van der Waals surface area contributed by atoms with Crippen molar-refractivity contribution in [2.75, 3.05) is 13.6 Å². The van der Waals surface area contributed by atoms with Gasteiger partial charge in [0.1, 0.15) is 5.84 Å². The van der Waals surface area contributed by atoms with E-state index in [1.807, 2.05) is 42.5 Å². The highest BCUT2D eigenvalue weighted by atomic mass is 35.5. The second-order valence-electron chi connectivity index (χ2n) is 9.46. The van der Waals surface area contributed by atoms with Gasteiger partial charge in [-0.2, -0.15) is 26.7 Å². The van der Waals surface area contributed by atoms with Crippen LogP contribution >= 0.6 is 11.6 Å². The van der Waals surface area contributed by atoms with Crippen molar-refractivity contribution in [3.05, 3.63) is 101 Å². The minimum atomic E-state index is -4.59. The number of hydrazone groups is 1. The Morgan fingerprint density at radius 3 is 2.23 bits per heavy atom. The molecule has 7 nitrogen and oxygen atoms in total. The average molecular weight is 588 g/mol. The van der Waals surface area contributed by atoms with Crippen molar-refractivity contribution < 1.29 is 21.6 Å². The van der Waals surface area contributed by atoms with E-state index in [-0.39, 0.29) is 29.2 Å². The van der Waals surface area contributed by atoms with E-state index < -0.39 is 21.8 Å². The van der Waals surface area contributed by atoms with Gasteiger partial charge in [0.25, 0.3) is 10.0 Å². The fourth-order valence-electron chi connectivity index (χ4n) is 4.39. The van der Waals surface area contributed by atoms with E-state index in [4.69, 9.17) is 16.7 Å². The van der Waals surface area contributed by atoms with Crippen molar-refractivity contribution in [3.8, 4) is 0 Å². The van der Waals surface area contributed by atoms with Crippen molar-refractivity contribution in [1.29, 1.82) is 0 Å². The zero-order valence-electron chi connectivity index (χ0n) is 21.3. The minimum Gasteiger partial charge on any atom is -0.312 e. The molecule has 40 heavy (non-hydrogen) atoms. The van der Waals surface area contributed by atoms with E-state index in [1.165, 1.54) is 5.01 Å². The van der Waals surface area contributed by atoms with E-state index in [1.54, 1.807) is 19.2 Å². The molecule has 1 saturated carbocycles. The van der Waals surface area contributed by atoms with Gasteiger partial charge < -0.3 is 5.32 Å². The Bertz CT molecular complexity index is 1570. The summed E-state index contributed by atoms with van der Waals surface area (Å²) in [5.41, 5.74) is 1.50. The lowest BCUT2D eigenvalue weighted by atomic mass is 9.91. The number of aliphatic imine (C=N–C) groups is 1. The Morgan fingerprint density at radius 1 is 1.00 bits per heavy atom. The first-order valence-corrected chi connectivity index (χ1v) is 14.3. The molecule has 1 fully saturated rings. The molecule has 3 aromatic carbocycles. The van der Waals surface area contributed by atoms with Crippen LogP contribution in [0.25, 0.3) is 0 Å². The SMILES string of the molecule is CN=C(N/C(=N\S(=O)(=O)c1ccc(C(F)(F)F)cc1)N1C[C@H](c2ccccc2)C(c2ccc(Cl)cc2)=N1)C1CC1. The van der Waals surface area contributed by atoms with Crippen LogP contribution < -0.4 is 5.32 Å². The first kappa shape index (κ1) is 27.9. The maximum absolute atomic E-state index is 13.3. The maximum atomic E-state index is 13.3. The molecule has 5 rings (SSSR count). The number of amidine groups is 1. The fraction of sp³-hybridized carbons (Fsp3) is 0.250. The molecule has 1 atom stereocenters. The monoisotopic (exact) mass is 587 g/mol. The van der Waals surface area contributed by atoms with E-state index in [9.17, 15) is 21.6 Å². The summed E-state index contributed by atoms with van der Waals surface area (Å²) < 4.78 is 69.8. The molecule has 0 unspecified atom stereocenters. The third kappa shape index (κ3) is 6.20. The number of sulfonamides is 1. The van der Waals surface area contributed by atoms with Crippen LogP contribution in [-0.2, 0) is 16.2 Å². The second-order valence-corrected chi connectivity index (χ2v) is 11.5. The Balaban J connectivity index is 1.57. The Labute approximate surface area is 235 Å². The molecule has 1 heterocycles. The molecular weight excluding hydrogens is 563 g/mol. The summed E-state index contributed by atoms with van der Waals surface area (Å²) in [6, 6.07) is 20.1. The van der Waals surface area contributed by atoms with Crippen LogP contribution in [0.2, 0.25) is 5.02 Å². The summed E-state index contributed by atoms with van der Waals surface area (Å²) >= 11 is 6.10. The van der Waals surface area contributed by atoms with Gasteiger partial charge in [0.15, 0.2) is 0 Å². The quantitative estimate of drug-likeness (QED) is 0.296. The molecule has 208 valence electrons. The summed E-state index contributed by atoms with van der Waals surface area (Å²) in [5, 5.41) is 9.88. The van der Waals surface area contributed by atoms with Crippen LogP contribution in [0.1, 0.15) is 35.4 Å². The molecule has 2 aliphatic rings. The van der Waals surface area contributed by atoms with Crippen molar-refractivity contribution in [1.82, 2.24) is 10.3 Å². The fourth-order valence-corrected chi connectivity index (χ4v) is 5.47. The van der Waals surface area contributed by atoms with Gasteiger partial charge in [-0.1, -0.05) is 54.1 Å². The molecule has 0 amide bonds. The zero-order chi connectivity index (χ0) is 28.5.